The fourth-order valence-electron chi connectivity index (χ4n) is 3.03. The molecule has 8 heteroatoms. The van der Waals surface area contributed by atoms with Crippen LogP contribution in [0.15, 0.2) is 42.6 Å². The topological polar surface area (TPSA) is 123 Å². The fraction of sp³-hybridized carbons (Fsp3) is 0.318. The van der Waals surface area contributed by atoms with Gasteiger partial charge in [0.25, 0.3) is 5.91 Å². The first-order valence-electron chi connectivity index (χ1n) is 9.61. The number of hydrogen-bond acceptors (Lipinski definition) is 4. The molecule has 30 heavy (non-hydrogen) atoms. The van der Waals surface area contributed by atoms with E-state index < -0.39 is 11.9 Å². The first-order valence-corrected chi connectivity index (χ1v) is 9.61. The minimum atomic E-state index is -1.26. The summed E-state index contributed by atoms with van der Waals surface area (Å²) in [5.41, 5.74) is 4.39. The van der Waals surface area contributed by atoms with Crippen molar-refractivity contribution < 1.29 is 24.6 Å². The Morgan fingerprint density at radius 1 is 1.17 bits per heavy atom. The van der Waals surface area contributed by atoms with Gasteiger partial charge in [0.05, 0.1) is 0 Å². The first-order chi connectivity index (χ1) is 14.2. The molecule has 0 bridgehead atoms. The van der Waals surface area contributed by atoms with Crippen molar-refractivity contribution in [3.8, 4) is 0 Å². The molecule has 0 saturated heterocycles. The number of carboxylic acids is 2. The Kier molecular flexibility index (Phi) is 7.94. The number of aromatic nitrogens is 1. The summed E-state index contributed by atoms with van der Waals surface area (Å²) in [6.45, 7) is 6.00. The van der Waals surface area contributed by atoms with Gasteiger partial charge in [-0.1, -0.05) is 6.08 Å². The lowest BCUT2D eigenvalue weighted by Gasteiger charge is -2.21. The van der Waals surface area contributed by atoms with Gasteiger partial charge < -0.3 is 25.4 Å². The molecule has 1 aromatic carbocycles. The van der Waals surface area contributed by atoms with Crippen LogP contribution in [0.4, 0.5) is 0 Å². The lowest BCUT2D eigenvalue weighted by Crippen LogP contribution is -2.29. The smallest absolute Gasteiger partial charge is 0.328 e. The van der Waals surface area contributed by atoms with Crippen molar-refractivity contribution in [2.24, 2.45) is 0 Å². The number of likely N-dealkylation sites (N-methyl/N-ethyl adjacent to an activating group) is 1. The number of hydrogen-bond donors (Lipinski definition) is 4. The Hall–Kier alpha value is -3.39. The number of carboxylic acid groups (broad SMARTS) is 2. The predicted molar refractivity (Wildman–Crippen MR) is 115 cm³/mol. The van der Waals surface area contributed by atoms with Gasteiger partial charge in [-0.15, -0.1) is 0 Å². The summed E-state index contributed by atoms with van der Waals surface area (Å²) in [4.78, 5) is 36.9. The highest BCUT2D eigenvalue weighted by Gasteiger charge is 2.15. The Morgan fingerprint density at radius 3 is 2.37 bits per heavy atom. The van der Waals surface area contributed by atoms with Gasteiger partial charge in [-0.3, -0.25) is 4.79 Å². The van der Waals surface area contributed by atoms with Gasteiger partial charge in [-0.05, 0) is 51.1 Å². The molecule has 0 atom stereocenters. The molecular weight excluding hydrogens is 386 g/mol. The molecule has 0 saturated carbocycles. The number of aliphatic carboxylic acids is 2. The van der Waals surface area contributed by atoms with Gasteiger partial charge in [-0.25, -0.2) is 9.59 Å². The third-order valence-electron chi connectivity index (χ3n) is 4.49. The molecule has 2 aromatic rings. The second-order valence-corrected chi connectivity index (χ2v) is 7.34. The van der Waals surface area contributed by atoms with E-state index in [-0.39, 0.29) is 11.9 Å². The summed E-state index contributed by atoms with van der Waals surface area (Å²) >= 11 is 0. The number of amides is 1. The molecule has 160 valence electrons. The van der Waals surface area contributed by atoms with Crippen molar-refractivity contribution >= 4 is 34.3 Å². The third kappa shape index (κ3) is 6.59. The highest BCUT2D eigenvalue weighted by molar-refractivity contribution is 6.01. The summed E-state index contributed by atoms with van der Waals surface area (Å²) in [6, 6.07) is 6.01. The van der Waals surface area contributed by atoms with Crippen LogP contribution in [0.25, 0.3) is 16.5 Å². The van der Waals surface area contributed by atoms with Crippen molar-refractivity contribution in [3.05, 3.63) is 53.8 Å². The van der Waals surface area contributed by atoms with Crippen molar-refractivity contribution in [2.45, 2.75) is 26.3 Å². The number of H-pyrrole nitrogens is 1. The summed E-state index contributed by atoms with van der Waals surface area (Å²) in [6.07, 6.45) is 6.51. The van der Waals surface area contributed by atoms with E-state index >= 15 is 0 Å². The van der Waals surface area contributed by atoms with Crippen molar-refractivity contribution in [1.29, 1.82) is 0 Å². The van der Waals surface area contributed by atoms with E-state index in [1.807, 2.05) is 32.0 Å². The molecule has 0 fully saturated rings. The number of benzene rings is 1. The van der Waals surface area contributed by atoms with E-state index in [0.717, 1.165) is 36.0 Å². The number of nitrogens with one attached hydrogen (secondary N) is 2. The second kappa shape index (κ2) is 10.4. The van der Waals surface area contributed by atoms with Gasteiger partial charge in [0.1, 0.15) is 0 Å². The summed E-state index contributed by atoms with van der Waals surface area (Å²) in [7, 11) is 2.14. The second-order valence-electron chi connectivity index (χ2n) is 7.34. The number of fused-ring (bicyclic) bond motifs is 1. The van der Waals surface area contributed by atoms with E-state index in [0.29, 0.717) is 12.2 Å². The number of aromatic amines is 1. The molecular formula is C22H27N3O5. The normalized spacial score (nSPS) is 14.3. The fourth-order valence-corrected chi connectivity index (χ4v) is 3.03. The highest BCUT2D eigenvalue weighted by atomic mass is 16.4. The lowest BCUT2D eigenvalue weighted by molar-refractivity contribution is -0.134. The maximum absolute atomic E-state index is 12.2. The van der Waals surface area contributed by atoms with E-state index in [9.17, 15) is 14.4 Å². The Morgan fingerprint density at radius 2 is 1.83 bits per heavy atom. The van der Waals surface area contributed by atoms with Crippen LogP contribution >= 0.6 is 0 Å². The first kappa shape index (κ1) is 22.9. The number of nitrogens with zero attached hydrogens (tertiary/aromatic N) is 1. The van der Waals surface area contributed by atoms with E-state index in [2.05, 4.69) is 34.5 Å². The van der Waals surface area contributed by atoms with Crippen LogP contribution in [0.3, 0.4) is 0 Å². The molecule has 3 rings (SSSR count). The van der Waals surface area contributed by atoms with Crippen molar-refractivity contribution in [3.63, 3.8) is 0 Å². The van der Waals surface area contributed by atoms with Crippen LogP contribution in [0.5, 0.6) is 0 Å². The van der Waals surface area contributed by atoms with E-state index in [1.165, 1.54) is 11.1 Å². The molecule has 1 aliphatic heterocycles. The largest absolute Gasteiger partial charge is 0.478 e. The standard InChI is InChI=1S/C18H23N3O.C4H4O4/c1-12(2)20-18(22)14-4-5-17-15(10-14)16(11-19-17)13-6-8-21(3)9-7-13;5-3(6)1-2-4(7)8/h4-6,10-12,19H,7-9H2,1-3H3,(H,20,22);1-2H,(H,5,6)(H,7,8)/b;2-1-. The van der Waals surface area contributed by atoms with E-state index in [4.69, 9.17) is 10.2 Å². The minimum absolute atomic E-state index is 0.0126. The lowest BCUT2D eigenvalue weighted by atomic mass is 9.98. The maximum atomic E-state index is 12.2. The summed E-state index contributed by atoms with van der Waals surface area (Å²) < 4.78 is 0. The van der Waals surface area contributed by atoms with E-state index in [1.54, 1.807) is 0 Å². The maximum Gasteiger partial charge on any atom is 0.328 e. The van der Waals surface area contributed by atoms with Gasteiger partial charge in [-0.2, -0.15) is 0 Å². The molecule has 0 radical (unpaired) electrons. The number of carbonyl (C=O) groups excluding carboxylic acids is 1. The molecule has 1 amide bonds. The van der Waals surface area contributed by atoms with Crippen molar-refractivity contribution in [2.75, 3.05) is 20.1 Å². The zero-order valence-corrected chi connectivity index (χ0v) is 17.3. The van der Waals surface area contributed by atoms with Gasteiger partial charge >= 0.3 is 11.9 Å². The quantitative estimate of drug-likeness (QED) is 0.559. The Balaban J connectivity index is 0.000000343. The molecule has 8 nitrogen and oxygen atoms in total. The number of carbonyl (C=O) groups is 3. The number of rotatable bonds is 5. The third-order valence-corrected chi connectivity index (χ3v) is 4.49. The zero-order chi connectivity index (χ0) is 22.3. The average molecular weight is 413 g/mol. The zero-order valence-electron chi connectivity index (χ0n) is 17.3. The predicted octanol–water partition coefficient (Wildman–Crippen LogP) is 2.74. The molecule has 0 aliphatic carbocycles. The van der Waals surface area contributed by atoms with Crippen LogP contribution in [0.1, 0.15) is 36.2 Å². The molecule has 1 aromatic heterocycles. The molecule has 0 spiro atoms. The Bertz CT molecular complexity index is 972. The summed E-state index contributed by atoms with van der Waals surface area (Å²) in [5.74, 6) is -2.53. The SMILES string of the molecule is CC(C)NC(=O)c1ccc2[nH]cc(C3=CCN(C)CC3)c2c1.O=C(O)/C=C\C(=O)O. The van der Waals surface area contributed by atoms with Crippen LogP contribution in [0, 0.1) is 0 Å². The molecule has 0 unspecified atom stereocenters. The Labute approximate surface area is 174 Å². The average Bonchev–Trinajstić information content (AvgIpc) is 3.10. The van der Waals surface area contributed by atoms with Crippen LogP contribution < -0.4 is 5.32 Å². The highest BCUT2D eigenvalue weighted by Crippen LogP contribution is 2.29. The van der Waals surface area contributed by atoms with Crippen molar-refractivity contribution in [1.82, 2.24) is 15.2 Å². The monoisotopic (exact) mass is 413 g/mol. The van der Waals surface area contributed by atoms with Gasteiger partial charge in [0.2, 0.25) is 0 Å². The molecule has 4 N–H and O–H groups in total. The summed E-state index contributed by atoms with van der Waals surface area (Å²) in [5, 5.41) is 19.7. The van der Waals surface area contributed by atoms with Crippen LogP contribution in [0.2, 0.25) is 0 Å². The van der Waals surface area contributed by atoms with Gasteiger partial charge in [0, 0.05) is 59.5 Å². The van der Waals surface area contributed by atoms with Gasteiger partial charge in [0.15, 0.2) is 0 Å². The molecule has 1 aliphatic rings. The van der Waals surface area contributed by atoms with Crippen LogP contribution in [-0.4, -0.2) is 64.1 Å². The minimum Gasteiger partial charge on any atom is -0.478 e. The van der Waals surface area contributed by atoms with Crippen LogP contribution in [-0.2, 0) is 9.59 Å². The molecule has 2 heterocycles.